The summed E-state index contributed by atoms with van der Waals surface area (Å²) < 4.78 is 0. The molecule has 0 saturated heterocycles. The molecule has 1 N–H and O–H groups in total. The lowest BCUT2D eigenvalue weighted by molar-refractivity contribution is 0.208. The molecule has 18 heavy (non-hydrogen) atoms. The van der Waals surface area contributed by atoms with Crippen LogP contribution < -0.4 is 5.32 Å². The Morgan fingerprint density at radius 1 is 1.17 bits per heavy atom. The second-order valence-corrected chi connectivity index (χ2v) is 8.03. The van der Waals surface area contributed by atoms with Gasteiger partial charge in [-0.25, -0.2) is 0 Å². The lowest BCUT2D eigenvalue weighted by Gasteiger charge is -2.32. The molecule has 3 aliphatic rings. The maximum Gasteiger partial charge on any atom is 0.0302 e. The first-order chi connectivity index (χ1) is 8.81. The predicted octanol–water partition coefficient (Wildman–Crippen LogP) is 3.97. The number of hydrogen-bond donors (Lipinski definition) is 1. The molecule has 0 amide bonds. The van der Waals surface area contributed by atoms with Gasteiger partial charge in [-0.2, -0.15) is 0 Å². The van der Waals surface area contributed by atoms with Gasteiger partial charge in [0.15, 0.2) is 0 Å². The molecular formula is C16H23NS. The van der Waals surface area contributed by atoms with E-state index in [9.17, 15) is 0 Å². The molecule has 3 fully saturated rings. The van der Waals surface area contributed by atoms with Crippen LogP contribution in [0.15, 0.2) is 12.1 Å². The van der Waals surface area contributed by atoms with E-state index < -0.39 is 0 Å². The van der Waals surface area contributed by atoms with Crippen molar-refractivity contribution < 1.29 is 0 Å². The van der Waals surface area contributed by atoms with Gasteiger partial charge in [0.05, 0.1) is 0 Å². The normalized spacial score (nSPS) is 41.5. The summed E-state index contributed by atoms with van der Waals surface area (Å²) in [6, 6.07) is 5.37. The Kier molecular flexibility index (Phi) is 2.77. The Morgan fingerprint density at radius 2 is 2.06 bits per heavy atom. The Balaban J connectivity index is 1.39. The second kappa shape index (κ2) is 4.35. The topological polar surface area (TPSA) is 12.0 Å². The van der Waals surface area contributed by atoms with E-state index in [1.807, 2.05) is 11.3 Å². The van der Waals surface area contributed by atoms with Gasteiger partial charge in [0.1, 0.15) is 0 Å². The SMILES string of the molecule is Cc1ccc(CNC2CC3CC2C2CCCC32)s1. The lowest BCUT2D eigenvalue weighted by atomic mass is 9.79. The molecule has 1 heterocycles. The van der Waals surface area contributed by atoms with Gasteiger partial charge in [-0.05, 0) is 68.4 Å². The predicted molar refractivity (Wildman–Crippen MR) is 76.7 cm³/mol. The summed E-state index contributed by atoms with van der Waals surface area (Å²) in [7, 11) is 0. The zero-order valence-corrected chi connectivity index (χ0v) is 12.0. The molecule has 3 aliphatic carbocycles. The van der Waals surface area contributed by atoms with Crippen LogP contribution in [-0.2, 0) is 6.54 Å². The van der Waals surface area contributed by atoms with Crippen molar-refractivity contribution in [2.75, 3.05) is 0 Å². The van der Waals surface area contributed by atoms with Gasteiger partial charge in [-0.1, -0.05) is 6.42 Å². The number of nitrogens with one attached hydrogen (secondary N) is 1. The molecule has 0 aromatic carbocycles. The van der Waals surface area contributed by atoms with Crippen LogP contribution in [0.2, 0.25) is 0 Å². The minimum Gasteiger partial charge on any atom is -0.309 e. The maximum absolute atomic E-state index is 3.87. The monoisotopic (exact) mass is 261 g/mol. The fourth-order valence-corrected chi connectivity index (χ4v) is 5.96. The van der Waals surface area contributed by atoms with Gasteiger partial charge >= 0.3 is 0 Å². The van der Waals surface area contributed by atoms with Gasteiger partial charge in [0, 0.05) is 22.3 Å². The molecule has 1 nitrogen and oxygen atoms in total. The zero-order valence-electron chi connectivity index (χ0n) is 11.2. The van der Waals surface area contributed by atoms with E-state index in [-0.39, 0.29) is 0 Å². The van der Waals surface area contributed by atoms with Gasteiger partial charge in [-0.15, -0.1) is 11.3 Å². The Labute approximate surface area is 114 Å². The summed E-state index contributed by atoms with van der Waals surface area (Å²) in [6.07, 6.45) is 7.59. The van der Waals surface area contributed by atoms with Crippen molar-refractivity contribution in [1.29, 1.82) is 0 Å². The summed E-state index contributed by atoms with van der Waals surface area (Å²) in [4.78, 5) is 2.95. The van der Waals surface area contributed by atoms with Crippen molar-refractivity contribution in [2.45, 2.75) is 51.6 Å². The van der Waals surface area contributed by atoms with Crippen LogP contribution in [-0.4, -0.2) is 6.04 Å². The van der Waals surface area contributed by atoms with Crippen LogP contribution in [0.1, 0.15) is 41.9 Å². The Morgan fingerprint density at radius 3 is 2.89 bits per heavy atom. The van der Waals surface area contributed by atoms with Gasteiger partial charge in [0.25, 0.3) is 0 Å². The third-order valence-corrected chi connectivity index (χ3v) is 6.76. The molecule has 0 radical (unpaired) electrons. The van der Waals surface area contributed by atoms with Crippen LogP contribution in [0.25, 0.3) is 0 Å². The number of rotatable bonds is 3. The van der Waals surface area contributed by atoms with Crippen LogP contribution in [0.5, 0.6) is 0 Å². The summed E-state index contributed by atoms with van der Waals surface area (Å²) >= 11 is 1.95. The molecule has 2 heteroatoms. The van der Waals surface area contributed by atoms with Gasteiger partial charge in [0.2, 0.25) is 0 Å². The van der Waals surface area contributed by atoms with Crippen LogP contribution in [0, 0.1) is 30.6 Å². The van der Waals surface area contributed by atoms with E-state index >= 15 is 0 Å². The van der Waals surface area contributed by atoms with Crippen molar-refractivity contribution in [3.63, 3.8) is 0 Å². The van der Waals surface area contributed by atoms with E-state index in [1.165, 1.54) is 35.4 Å². The molecule has 1 aromatic rings. The van der Waals surface area contributed by atoms with Crippen LogP contribution in [0.4, 0.5) is 0 Å². The molecule has 0 spiro atoms. The van der Waals surface area contributed by atoms with Gasteiger partial charge in [-0.3, -0.25) is 0 Å². The average Bonchev–Trinajstić information content (AvgIpc) is 3.08. The summed E-state index contributed by atoms with van der Waals surface area (Å²) in [5, 5.41) is 3.87. The molecule has 5 atom stereocenters. The highest BCUT2D eigenvalue weighted by Gasteiger charge is 2.53. The lowest BCUT2D eigenvalue weighted by Crippen LogP contribution is -2.38. The summed E-state index contributed by atoms with van der Waals surface area (Å²) in [5.74, 6) is 4.30. The fraction of sp³-hybridized carbons (Fsp3) is 0.750. The fourth-order valence-electron chi connectivity index (χ4n) is 5.11. The molecule has 4 rings (SSSR count). The number of fused-ring (bicyclic) bond motifs is 5. The highest BCUT2D eigenvalue weighted by atomic mass is 32.1. The van der Waals surface area contributed by atoms with Gasteiger partial charge < -0.3 is 5.32 Å². The minimum atomic E-state index is 0.830. The molecule has 0 aliphatic heterocycles. The first kappa shape index (κ1) is 11.5. The average molecular weight is 261 g/mol. The summed E-state index contributed by atoms with van der Waals surface area (Å²) in [6.45, 7) is 3.30. The van der Waals surface area contributed by atoms with E-state index in [0.29, 0.717) is 0 Å². The van der Waals surface area contributed by atoms with E-state index in [0.717, 1.165) is 36.3 Å². The largest absolute Gasteiger partial charge is 0.309 e. The molecule has 5 unspecified atom stereocenters. The first-order valence-corrected chi connectivity index (χ1v) is 8.41. The third kappa shape index (κ3) is 1.77. The van der Waals surface area contributed by atoms with Crippen molar-refractivity contribution >= 4 is 11.3 Å². The van der Waals surface area contributed by atoms with Crippen molar-refractivity contribution in [3.05, 3.63) is 21.9 Å². The van der Waals surface area contributed by atoms with E-state index in [2.05, 4.69) is 24.4 Å². The number of aryl methyl sites for hydroxylation is 1. The van der Waals surface area contributed by atoms with E-state index in [4.69, 9.17) is 0 Å². The highest BCUT2D eigenvalue weighted by molar-refractivity contribution is 7.11. The molecule has 1 aromatic heterocycles. The first-order valence-electron chi connectivity index (χ1n) is 7.60. The third-order valence-electron chi connectivity index (χ3n) is 5.76. The van der Waals surface area contributed by atoms with Crippen molar-refractivity contribution in [3.8, 4) is 0 Å². The Bertz CT molecular complexity index is 438. The van der Waals surface area contributed by atoms with E-state index in [1.54, 1.807) is 6.42 Å². The maximum atomic E-state index is 3.87. The molecule has 3 saturated carbocycles. The molecule has 2 bridgehead atoms. The van der Waals surface area contributed by atoms with Crippen molar-refractivity contribution in [2.24, 2.45) is 23.7 Å². The number of thiophene rings is 1. The van der Waals surface area contributed by atoms with Crippen LogP contribution in [0.3, 0.4) is 0 Å². The second-order valence-electron chi connectivity index (χ2n) is 6.65. The Hall–Kier alpha value is -0.340. The smallest absolute Gasteiger partial charge is 0.0302 e. The van der Waals surface area contributed by atoms with Crippen LogP contribution >= 0.6 is 11.3 Å². The molecular weight excluding hydrogens is 238 g/mol. The van der Waals surface area contributed by atoms with Crippen molar-refractivity contribution in [1.82, 2.24) is 5.32 Å². The molecule has 98 valence electrons. The minimum absolute atomic E-state index is 0.830. The quantitative estimate of drug-likeness (QED) is 0.868. The standard InChI is InChI=1S/C16H23NS/c1-10-5-6-12(18-10)9-17-16-8-11-7-15(16)14-4-2-3-13(11)14/h5-6,11,13-17H,2-4,7-9H2,1H3. The zero-order chi connectivity index (χ0) is 12.1. The highest BCUT2D eigenvalue weighted by Crippen LogP contribution is 2.58. The number of hydrogen-bond acceptors (Lipinski definition) is 2. The summed E-state index contributed by atoms with van der Waals surface area (Å²) in [5.41, 5.74) is 0.